The summed E-state index contributed by atoms with van der Waals surface area (Å²) in [6.07, 6.45) is 8.99. The minimum Gasteiger partial charge on any atom is -0.480 e. The van der Waals surface area contributed by atoms with E-state index in [-0.39, 0.29) is 24.7 Å². The molecule has 0 bridgehead atoms. The molecule has 1 aliphatic heterocycles. The van der Waals surface area contributed by atoms with E-state index in [0.717, 1.165) is 32.1 Å². The maximum Gasteiger partial charge on any atom is 0.321 e. The number of likely N-dealkylation sites (N-methyl/N-ethyl adjacent to an activating group) is 1. The van der Waals surface area contributed by atoms with Gasteiger partial charge in [-0.05, 0) is 58.1 Å². The number of pyridine rings is 1. The van der Waals surface area contributed by atoms with Gasteiger partial charge in [-0.1, -0.05) is 0 Å². The summed E-state index contributed by atoms with van der Waals surface area (Å²) >= 11 is 0. The topological polar surface area (TPSA) is 95.0 Å². The number of amides is 2. The van der Waals surface area contributed by atoms with Crippen molar-refractivity contribution in [1.82, 2.24) is 14.8 Å². The summed E-state index contributed by atoms with van der Waals surface area (Å²) in [5.74, 6) is -0.224. The van der Waals surface area contributed by atoms with Gasteiger partial charge < -0.3 is 20.1 Å². The van der Waals surface area contributed by atoms with E-state index in [1.807, 2.05) is 18.0 Å². The highest BCUT2D eigenvalue weighted by Crippen LogP contribution is 2.23. The van der Waals surface area contributed by atoms with Crippen molar-refractivity contribution in [2.24, 2.45) is 0 Å². The molecule has 2 aliphatic rings. The van der Waals surface area contributed by atoms with Crippen LogP contribution in [0.4, 0.5) is 10.5 Å². The number of aliphatic carboxylic acids is 1. The van der Waals surface area contributed by atoms with Crippen molar-refractivity contribution in [1.29, 1.82) is 0 Å². The van der Waals surface area contributed by atoms with Gasteiger partial charge in [-0.3, -0.25) is 9.69 Å². The normalized spacial score (nSPS) is 20.8. The van der Waals surface area contributed by atoms with Gasteiger partial charge in [0.05, 0.1) is 18.4 Å². The van der Waals surface area contributed by atoms with E-state index in [9.17, 15) is 9.59 Å². The number of carbonyl (C=O) groups is 2. The molecule has 1 unspecified atom stereocenters. The smallest absolute Gasteiger partial charge is 0.321 e. The molecule has 1 saturated carbocycles. The summed E-state index contributed by atoms with van der Waals surface area (Å²) in [4.78, 5) is 31.4. The number of hydrogen-bond acceptors (Lipinski definition) is 5. The number of nitrogens with one attached hydrogen (secondary N) is 1. The molecule has 28 heavy (non-hydrogen) atoms. The highest BCUT2D eigenvalue weighted by molar-refractivity contribution is 5.89. The van der Waals surface area contributed by atoms with Crippen LogP contribution in [0.25, 0.3) is 0 Å². The number of nitrogens with zero attached hydrogens (tertiary/aromatic N) is 3. The second-order valence-electron chi connectivity index (χ2n) is 7.72. The summed E-state index contributed by atoms with van der Waals surface area (Å²) in [6, 6.07) is 3.65. The number of anilines is 1. The van der Waals surface area contributed by atoms with Crippen LogP contribution in [0.2, 0.25) is 0 Å². The number of hydrogen-bond donors (Lipinski definition) is 2. The summed E-state index contributed by atoms with van der Waals surface area (Å²) in [5.41, 5.74) is 0.646. The molecular weight excluding hydrogens is 360 g/mol. The maximum absolute atomic E-state index is 12.6. The first kappa shape index (κ1) is 20.4. The van der Waals surface area contributed by atoms with Crippen LogP contribution >= 0.6 is 0 Å². The monoisotopic (exact) mass is 390 g/mol. The van der Waals surface area contributed by atoms with Crippen LogP contribution in [0.1, 0.15) is 44.9 Å². The van der Waals surface area contributed by atoms with E-state index < -0.39 is 5.97 Å². The number of carboxylic acid groups (broad SMARTS) is 1. The third-order valence-corrected chi connectivity index (χ3v) is 5.57. The highest BCUT2D eigenvalue weighted by Gasteiger charge is 2.24. The first-order valence-corrected chi connectivity index (χ1v) is 10.1. The van der Waals surface area contributed by atoms with Crippen molar-refractivity contribution in [3.8, 4) is 5.88 Å². The first-order valence-electron chi connectivity index (χ1n) is 10.1. The molecule has 2 heterocycles. The lowest BCUT2D eigenvalue weighted by Crippen LogP contribution is -2.38. The third-order valence-electron chi connectivity index (χ3n) is 5.57. The quantitative estimate of drug-likeness (QED) is 0.776. The lowest BCUT2D eigenvalue weighted by molar-refractivity contribution is -0.138. The number of carbonyl (C=O) groups excluding carboxylic acids is 1. The van der Waals surface area contributed by atoms with Crippen molar-refractivity contribution >= 4 is 17.7 Å². The van der Waals surface area contributed by atoms with Gasteiger partial charge in [0.1, 0.15) is 6.10 Å². The molecule has 8 heteroatoms. The van der Waals surface area contributed by atoms with Crippen LogP contribution in [-0.4, -0.2) is 70.7 Å². The Morgan fingerprint density at radius 3 is 2.68 bits per heavy atom. The largest absolute Gasteiger partial charge is 0.480 e. The molecule has 154 valence electrons. The average Bonchev–Trinajstić information content (AvgIpc) is 3.03. The second kappa shape index (κ2) is 9.73. The number of urea groups is 1. The maximum atomic E-state index is 12.6. The van der Waals surface area contributed by atoms with Crippen LogP contribution in [-0.2, 0) is 4.79 Å². The predicted molar refractivity (Wildman–Crippen MR) is 106 cm³/mol. The van der Waals surface area contributed by atoms with Gasteiger partial charge in [-0.25, -0.2) is 9.78 Å². The molecule has 1 saturated heterocycles. The highest BCUT2D eigenvalue weighted by atomic mass is 16.5. The van der Waals surface area contributed by atoms with Crippen LogP contribution in [0, 0.1) is 0 Å². The lowest BCUT2D eigenvalue weighted by Gasteiger charge is -2.25. The summed E-state index contributed by atoms with van der Waals surface area (Å²) < 4.78 is 5.85. The zero-order valence-electron chi connectivity index (χ0n) is 16.5. The zero-order chi connectivity index (χ0) is 19.9. The molecule has 1 aliphatic carbocycles. The number of likely N-dealkylation sites (tertiary alicyclic amines) is 1. The van der Waals surface area contributed by atoms with E-state index in [4.69, 9.17) is 9.84 Å². The number of aromatic nitrogens is 1. The van der Waals surface area contributed by atoms with Gasteiger partial charge >= 0.3 is 12.0 Å². The second-order valence-corrected chi connectivity index (χ2v) is 7.72. The van der Waals surface area contributed by atoms with Crippen LogP contribution < -0.4 is 10.1 Å². The third kappa shape index (κ3) is 5.82. The molecule has 0 spiro atoms. The molecule has 2 amide bonds. The summed E-state index contributed by atoms with van der Waals surface area (Å²) in [5, 5.41) is 11.9. The fourth-order valence-corrected chi connectivity index (χ4v) is 3.97. The van der Waals surface area contributed by atoms with Gasteiger partial charge in [0.25, 0.3) is 0 Å². The van der Waals surface area contributed by atoms with E-state index in [2.05, 4.69) is 10.3 Å². The van der Waals surface area contributed by atoms with Gasteiger partial charge in [0.15, 0.2) is 0 Å². The van der Waals surface area contributed by atoms with Gasteiger partial charge in [0, 0.05) is 25.2 Å². The van der Waals surface area contributed by atoms with Crippen molar-refractivity contribution < 1.29 is 19.4 Å². The fourth-order valence-electron chi connectivity index (χ4n) is 3.97. The van der Waals surface area contributed by atoms with Gasteiger partial charge in [0.2, 0.25) is 5.88 Å². The van der Waals surface area contributed by atoms with Gasteiger partial charge in [-0.2, -0.15) is 0 Å². The van der Waals surface area contributed by atoms with Gasteiger partial charge in [-0.15, -0.1) is 0 Å². The fraction of sp³-hybridized carbons (Fsp3) is 0.650. The molecule has 2 N–H and O–H groups in total. The Hall–Kier alpha value is -2.35. The number of ether oxygens (including phenoxy) is 1. The standard InChI is InChI=1S/C20H30N4O4/c1-23(14-19(25)26)16-5-4-11-24(12-10-16)20(27)22-15-8-9-18(21-13-15)28-17-6-2-3-7-17/h8-9,13,16-17H,2-7,10-12,14H2,1H3,(H,22,27)(H,25,26). The molecule has 0 aromatic carbocycles. The molecule has 2 fully saturated rings. The number of rotatable bonds is 6. The number of carboxylic acids is 1. The van der Waals surface area contributed by atoms with Crippen LogP contribution in [0.3, 0.4) is 0 Å². The average molecular weight is 390 g/mol. The molecule has 3 rings (SSSR count). The molecular formula is C20H30N4O4. The van der Waals surface area contributed by atoms with Crippen molar-refractivity contribution in [3.05, 3.63) is 18.3 Å². The Morgan fingerprint density at radius 2 is 2.00 bits per heavy atom. The van der Waals surface area contributed by atoms with E-state index >= 15 is 0 Å². The SMILES string of the molecule is CN(CC(=O)O)C1CCCN(C(=O)Nc2ccc(OC3CCCC3)nc2)CC1. The Morgan fingerprint density at radius 1 is 1.21 bits per heavy atom. The minimum absolute atomic E-state index is 0.0256. The molecule has 1 aromatic rings. The van der Waals surface area contributed by atoms with E-state index in [1.54, 1.807) is 17.2 Å². The molecule has 0 radical (unpaired) electrons. The molecule has 1 aromatic heterocycles. The minimum atomic E-state index is -0.825. The van der Waals surface area contributed by atoms with E-state index in [1.165, 1.54) is 12.8 Å². The summed E-state index contributed by atoms with van der Waals surface area (Å²) in [6.45, 7) is 1.30. The Balaban J connectivity index is 1.48. The lowest BCUT2D eigenvalue weighted by atomic mass is 10.1. The first-order chi connectivity index (χ1) is 13.5. The van der Waals surface area contributed by atoms with E-state index in [0.29, 0.717) is 24.7 Å². The molecule has 1 atom stereocenters. The van der Waals surface area contributed by atoms with Crippen molar-refractivity contribution in [3.63, 3.8) is 0 Å². The van der Waals surface area contributed by atoms with Crippen LogP contribution in [0.5, 0.6) is 5.88 Å². The Labute approximate surface area is 165 Å². The van der Waals surface area contributed by atoms with Crippen LogP contribution in [0.15, 0.2) is 18.3 Å². The zero-order valence-corrected chi connectivity index (χ0v) is 16.5. The molecule has 8 nitrogen and oxygen atoms in total. The van der Waals surface area contributed by atoms with Crippen molar-refractivity contribution in [2.45, 2.75) is 57.1 Å². The predicted octanol–water partition coefficient (Wildman–Crippen LogP) is 2.81. The van der Waals surface area contributed by atoms with Crippen molar-refractivity contribution in [2.75, 3.05) is 32.0 Å². The Kier molecular flexibility index (Phi) is 7.08. The Bertz CT molecular complexity index is 661. The summed E-state index contributed by atoms with van der Waals surface area (Å²) in [7, 11) is 1.83.